The maximum absolute atomic E-state index is 11.5. The first-order valence-corrected chi connectivity index (χ1v) is 7.06. The second kappa shape index (κ2) is 10.4. The SMILES string of the molecule is CCCCCC(C)C(=O)OCOC(=O)SCC. The van der Waals surface area contributed by atoms with Crippen LogP contribution in [0.1, 0.15) is 46.5 Å². The third-order valence-electron chi connectivity index (χ3n) is 2.28. The predicted molar refractivity (Wildman–Crippen MR) is 68.9 cm³/mol. The van der Waals surface area contributed by atoms with Crippen LogP contribution >= 0.6 is 11.8 Å². The van der Waals surface area contributed by atoms with Gasteiger partial charge in [0, 0.05) is 5.75 Å². The predicted octanol–water partition coefficient (Wildman–Crippen LogP) is 3.59. The molecule has 5 heteroatoms. The summed E-state index contributed by atoms with van der Waals surface area (Å²) in [6.45, 7) is 5.53. The van der Waals surface area contributed by atoms with Gasteiger partial charge in [0.1, 0.15) is 0 Å². The van der Waals surface area contributed by atoms with E-state index < -0.39 is 5.30 Å². The molecule has 0 aliphatic carbocycles. The average molecular weight is 262 g/mol. The summed E-state index contributed by atoms with van der Waals surface area (Å²) in [4.78, 5) is 22.4. The maximum Gasteiger partial charge on any atom is 0.370 e. The van der Waals surface area contributed by atoms with Crippen LogP contribution in [0.25, 0.3) is 0 Å². The molecule has 0 aromatic carbocycles. The summed E-state index contributed by atoms with van der Waals surface area (Å²) in [5.74, 6) is 0.231. The summed E-state index contributed by atoms with van der Waals surface area (Å²) in [5, 5.41) is -0.404. The number of esters is 1. The first-order chi connectivity index (χ1) is 8.11. The van der Waals surface area contributed by atoms with Crippen LogP contribution in [0.4, 0.5) is 4.79 Å². The molecular weight excluding hydrogens is 240 g/mol. The molecule has 4 nitrogen and oxygen atoms in total. The molecule has 1 unspecified atom stereocenters. The molecule has 0 N–H and O–H groups in total. The molecule has 0 spiro atoms. The van der Waals surface area contributed by atoms with Gasteiger partial charge in [0.2, 0.25) is 6.79 Å². The highest BCUT2D eigenvalue weighted by atomic mass is 32.2. The second-order valence-electron chi connectivity index (χ2n) is 3.81. The largest absolute Gasteiger partial charge is 0.428 e. The van der Waals surface area contributed by atoms with Gasteiger partial charge in [-0.3, -0.25) is 4.79 Å². The topological polar surface area (TPSA) is 52.6 Å². The third kappa shape index (κ3) is 9.03. The minimum Gasteiger partial charge on any atom is -0.428 e. The van der Waals surface area contributed by atoms with Crippen molar-refractivity contribution in [2.45, 2.75) is 46.5 Å². The van der Waals surface area contributed by atoms with Crippen molar-refractivity contribution in [1.29, 1.82) is 0 Å². The van der Waals surface area contributed by atoms with Crippen molar-refractivity contribution in [2.24, 2.45) is 5.92 Å². The lowest BCUT2D eigenvalue weighted by atomic mass is 10.0. The van der Waals surface area contributed by atoms with E-state index in [2.05, 4.69) is 6.92 Å². The number of hydrogen-bond donors (Lipinski definition) is 0. The Balaban J connectivity index is 3.60. The van der Waals surface area contributed by atoms with E-state index in [1.807, 2.05) is 13.8 Å². The van der Waals surface area contributed by atoms with Crippen LogP contribution in [0.5, 0.6) is 0 Å². The Morgan fingerprint density at radius 3 is 2.47 bits per heavy atom. The van der Waals surface area contributed by atoms with Crippen LogP contribution in [0, 0.1) is 5.92 Å². The minimum atomic E-state index is -0.404. The molecule has 0 aromatic heterocycles. The van der Waals surface area contributed by atoms with E-state index in [1.165, 1.54) is 0 Å². The number of ether oxygens (including phenoxy) is 2. The van der Waals surface area contributed by atoms with E-state index >= 15 is 0 Å². The fraction of sp³-hybridized carbons (Fsp3) is 0.833. The van der Waals surface area contributed by atoms with Crippen LogP contribution in [-0.2, 0) is 14.3 Å². The molecule has 0 bridgehead atoms. The van der Waals surface area contributed by atoms with E-state index in [4.69, 9.17) is 9.47 Å². The molecule has 0 saturated carbocycles. The number of unbranched alkanes of at least 4 members (excludes halogenated alkanes) is 2. The molecule has 0 rings (SSSR count). The normalized spacial score (nSPS) is 11.9. The van der Waals surface area contributed by atoms with Crippen LogP contribution < -0.4 is 0 Å². The summed E-state index contributed by atoms with van der Waals surface area (Å²) >= 11 is 1.06. The monoisotopic (exact) mass is 262 g/mol. The van der Waals surface area contributed by atoms with Gasteiger partial charge in [-0.1, -0.05) is 40.0 Å². The Labute approximate surface area is 107 Å². The van der Waals surface area contributed by atoms with Gasteiger partial charge in [-0.05, 0) is 18.2 Å². The standard InChI is InChI=1S/C12H22O4S/c1-4-6-7-8-10(3)11(13)15-9-16-12(14)17-5-2/h10H,4-9H2,1-3H3. The fourth-order valence-electron chi connectivity index (χ4n) is 1.26. The highest BCUT2D eigenvalue weighted by molar-refractivity contribution is 8.13. The summed E-state index contributed by atoms with van der Waals surface area (Å²) < 4.78 is 9.57. The van der Waals surface area contributed by atoms with E-state index in [0.29, 0.717) is 5.75 Å². The van der Waals surface area contributed by atoms with E-state index in [9.17, 15) is 9.59 Å². The molecular formula is C12H22O4S. The van der Waals surface area contributed by atoms with Gasteiger partial charge in [0.25, 0.3) is 0 Å². The van der Waals surface area contributed by atoms with Gasteiger partial charge in [-0.2, -0.15) is 0 Å². The minimum absolute atomic E-state index is 0.126. The van der Waals surface area contributed by atoms with E-state index in [1.54, 1.807) is 0 Å². The van der Waals surface area contributed by atoms with Gasteiger partial charge in [-0.15, -0.1) is 0 Å². The summed E-state index contributed by atoms with van der Waals surface area (Å²) in [6.07, 6.45) is 4.11. The molecule has 0 aromatic rings. The first-order valence-electron chi connectivity index (χ1n) is 6.08. The van der Waals surface area contributed by atoms with Gasteiger partial charge in [0.05, 0.1) is 5.92 Å². The van der Waals surface area contributed by atoms with Gasteiger partial charge in [0.15, 0.2) is 0 Å². The lowest BCUT2D eigenvalue weighted by molar-refractivity contribution is -0.156. The Kier molecular flexibility index (Phi) is 10.0. The lowest BCUT2D eigenvalue weighted by Crippen LogP contribution is -2.17. The number of rotatable bonds is 8. The maximum atomic E-state index is 11.5. The molecule has 0 amide bonds. The Morgan fingerprint density at radius 1 is 1.18 bits per heavy atom. The van der Waals surface area contributed by atoms with Gasteiger partial charge >= 0.3 is 11.3 Å². The van der Waals surface area contributed by atoms with Crippen molar-refractivity contribution in [1.82, 2.24) is 0 Å². The third-order valence-corrected chi connectivity index (χ3v) is 2.93. The van der Waals surface area contributed by atoms with Crippen LogP contribution in [0.3, 0.4) is 0 Å². The molecule has 0 heterocycles. The number of hydrogen-bond acceptors (Lipinski definition) is 5. The summed E-state index contributed by atoms with van der Waals surface area (Å²) in [5.41, 5.74) is 0. The quantitative estimate of drug-likeness (QED) is 0.380. The van der Waals surface area contributed by atoms with Crippen molar-refractivity contribution < 1.29 is 19.1 Å². The number of carbonyl (C=O) groups excluding carboxylic acids is 2. The fourth-order valence-corrected chi connectivity index (χ4v) is 1.62. The lowest BCUT2D eigenvalue weighted by Gasteiger charge is -2.10. The zero-order chi connectivity index (χ0) is 13.1. The molecule has 0 aliphatic rings. The van der Waals surface area contributed by atoms with Crippen molar-refractivity contribution in [2.75, 3.05) is 12.5 Å². The molecule has 100 valence electrons. The summed E-state index contributed by atoms with van der Waals surface area (Å²) in [6, 6.07) is 0. The van der Waals surface area contributed by atoms with Crippen LogP contribution in [0.15, 0.2) is 0 Å². The van der Waals surface area contributed by atoms with Crippen molar-refractivity contribution in [3.05, 3.63) is 0 Å². The van der Waals surface area contributed by atoms with Gasteiger partial charge < -0.3 is 9.47 Å². The molecule has 0 aliphatic heterocycles. The molecule has 0 radical (unpaired) electrons. The number of carbonyl (C=O) groups is 2. The smallest absolute Gasteiger partial charge is 0.370 e. The van der Waals surface area contributed by atoms with Gasteiger partial charge in [-0.25, -0.2) is 4.79 Å². The van der Waals surface area contributed by atoms with Crippen LogP contribution in [-0.4, -0.2) is 23.8 Å². The van der Waals surface area contributed by atoms with Crippen LogP contribution in [0.2, 0.25) is 0 Å². The second-order valence-corrected chi connectivity index (χ2v) is 5.00. The molecule has 0 saturated heterocycles. The average Bonchev–Trinajstić information content (AvgIpc) is 2.29. The zero-order valence-corrected chi connectivity index (χ0v) is 11.7. The van der Waals surface area contributed by atoms with E-state index in [0.717, 1.165) is 37.4 Å². The Morgan fingerprint density at radius 2 is 1.88 bits per heavy atom. The highest BCUT2D eigenvalue weighted by Crippen LogP contribution is 2.11. The molecule has 0 fully saturated rings. The van der Waals surface area contributed by atoms with Crippen molar-refractivity contribution in [3.8, 4) is 0 Å². The van der Waals surface area contributed by atoms with Crippen molar-refractivity contribution in [3.63, 3.8) is 0 Å². The summed E-state index contributed by atoms with van der Waals surface area (Å²) in [7, 11) is 0. The Hall–Kier alpha value is -0.710. The van der Waals surface area contributed by atoms with E-state index in [-0.39, 0.29) is 18.7 Å². The Bertz CT molecular complexity index is 231. The first kappa shape index (κ1) is 16.3. The number of thioether (sulfide) groups is 1. The van der Waals surface area contributed by atoms with Crippen molar-refractivity contribution >= 4 is 23.0 Å². The zero-order valence-electron chi connectivity index (χ0n) is 10.9. The highest BCUT2D eigenvalue weighted by Gasteiger charge is 2.14. The molecule has 17 heavy (non-hydrogen) atoms. The molecule has 1 atom stereocenters.